The molecule has 8 aliphatic carbocycles. The maximum absolute atomic E-state index is 13.2. The van der Waals surface area contributed by atoms with Gasteiger partial charge in [-0.25, -0.2) is 35.1 Å². The molecule has 7 saturated carbocycles. The van der Waals surface area contributed by atoms with Crippen LogP contribution < -0.4 is 0 Å². The van der Waals surface area contributed by atoms with Gasteiger partial charge in [-0.3, -0.25) is 9.59 Å². The first kappa shape index (κ1) is 87.2. The Hall–Kier alpha value is -1.80. The zero-order valence-electron chi connectivity index (χ0n) is 60.5. The van der Waals surface area contributed by atoms with Crippen LogP contribution in [0.25, 0.3) is 0 Å². The van der Waals surface area contributed by atoms with E-state index in [0.717, 1.165) is 86.2 Å². The third kappa shape index (κ3) is 39.9. The molecule has 540 valence electrons. The fourth-order valence-electron chi connectivity index (χ4n) is 15.0. The lowest BCUT2D eigenvalue weighted by atomic mass is 9.73. The fraction of sp³-hybridized carbons (Fsp3) is 0.947. The van der Waals surface area contributed by atoms with Crippen molar-refractivity contribution in [3.8, 4) is 0 Å². The molecule has 9 rings (SSSR count). The van der Waals surface area contributed by atoms with Crippen LogP contribution in [-0.2, 0) is 14.3 Å². The molecule has 0 N–H and O–H groups in total. The smallest absolute Gasteiger partial charge is 0.310 e. The number of carbonyl (C=O) groups is 2. The van der Waals surface area contributed by atoms with E-state index in [1.807, 2.05) is 41.5 Å². The second-order valence-corrected chi connectivity index (χ2v) is 33.7. The Labute approximate surface area is 548 Å². The molecular weight excluding hydrogens is 1190 g/mol. The SMILES string of the molecule is CC(C)CC1(F)CC(=O)C1.CC(C)CC1(F)CC(F)(F)C1.CC(C)CC1CC(=O)C1.CC(C)CC1CC(F)(F)C(F)(F)C1.CC(C)CC1CC(F)(F)C1.CC(C)CC1CC(F)C(F)C1.CC(C)CC1CC=CC1.CC(C)CC1CCCC1.CC(C)CC1CCOC1. The summed E-state index contributed by atoms with van der Waals surface area (Å²) in [4.78, 5) is 20.9. The molecule has 0 aromatic carbocycles. The summed E-state index contributed by atoms with van der Waals surface area (Å²) in [7, 11) is 0. The van der Waals surface area contributed by atoms with Crippen LogP contribution in [0.1, 0.15) is 304 Å². The van der Waals surface area contributed by atoms with Crippen LogP contribution in [-0.4, -0.2) is 72.2 Å². The van der Waals surface area contributed by atoms with Crippen LogP contribution in [0.4, 0.5) is 52.7 Å². The summed E-state index contributed by atoms with van der Waals surface area (Å²) in [6, 6.07) is 0. The van der Waals surface area contributed by atoms with Gasteiger partial charge in [-0.2, -0.15) is 17.6 Å². The largest absolute Gasteiger partial charge is 0.381 e. The van der Waals surface area contributed by atoms with Crippen molar-refractivity contribution in [2.45, 2.75) is 352 Å². The van der Waals surface area contributed by atoms with Crippen molar-refractivity contribution in [1.29, 1.82) is 0 Å². The highest BCUT2D eigenvalue weighted by Crippen LogP contribution is 2.53. The van der Waals surface area contributed by atoms with Crippen LogP contribution in [0.3, 0.4) is 0 Å². The summed E-state index contributed by atoms with van der Waals surface area (Å²) in [6.45, 7) is 40.0. The minimum atomic E-state index is -3.79. The number of hydrogen-bond donors (Lipinski definition) is 0. The molecule has 9 aliphatic rings. The van der Waals surface area contributed by atoms with Crippen LogP contribution in [0.15, 0.2) is 12.2 Å². The molecule has 0 aromatic rings. The predicted octanol–water partition coefficient (Wildman–Crippen LogP) is 25.5. The number of halogens is 12. The van der Waals surface area contributed by atoms with Gasteiger partial charge in [-0.05, 0) is 185 Å². The Bertz CT molecular complexity index is 1860. The zero-order valence-corrected chi connectivity index (χ0v) is 60.5. The van der Waals surface area contributed by atoms with E-state index in [1.54, 1.807) is 0 Å². The molecule has 3 unspecified atom stereocenters. The third-order valence-corrected chi connectivity index (χ3v) is 18.3. The average molecular weight is 1320 g/mol. The number of carbonyl (C=O) groups excluding carboxylic acids is 2. The van der Waals surface area contributed by atoms with Gasteiger partial charge >= 0.3 is 11.8 Å². The molecule has 1 aliphatic heterocycles. The van der Waals surface area contributed by atoms with E-state index in [1.165, 1.54) is 70.6 Å². The molecule has 1 saturated heterocycles. The maximum Gasteiger partial charge on any atom is 0.310 e. The van der Waals surface area contributed by atoms with E-state index in [0.29, 0.717) is 61.1 Å². The van der Waals surface area contributed by atoms with E-state index in [-0.39, 0.29) is 49.7 Å². The standard InChI is InChI=1S/C9H14F4.C9H16F2.C9H18.C9H16.C8H13F3.C8H14F2.C8H13FO.C8H14O.C8H16O/c1-6(2)3-7-4-8(10,11)9(12,13)5-7;1-6(2)3-7-4-8(10)9(11)5-7;2*1-8(2)7-9-5-3-4-6-9;1-6(2)3-7(9)4-8(10,11)5-7;1-6(2)3-7-4-8(9,10)5-7;1-6(2)3-8(9)4-7(10)5-8;1-6(2)3-7-4-8(9)5-7;1-7(2)5-8-3-4-9-6-8/h6-7H,3-5H2,1-2H3;6-9H,3-5H2,1-2H3;8-9H,3-7H2,1-2H3;3-4,8-9H,5-7H2,1-2H3;6H,3-5H2,1-2H3;6-7H,3-5H2,1-2H3;6H,3-5H2,1-2H3;6-7H,3-5H2,1-2H3;7-8H,3-6H2,1-2H3. The van der Waals surface area contributed by atoms with Gasteiger partial charge in [0.1, 0.15) is 35.2 Å². The lowest BCUT2D eigenvalue weighted by molar-refractivity contribution is -0.185. The molecular formula is C76H134F12O3. The first-order valence-electron chi connectivity index (χ1n) is 36.2. The highest BCUT2D eigenvalue weighted by molar-refractivity contribution is 5.87. The van der Waals surface area contributed by atoms with Crippen molar-refractivity contribution < 1.29 is 67.0 Å². The number of allylic oxidation sites excluding steroid dienone is 2. The predicted molar refractivity (Wildman–Crippen MR) is 354 cm³/mol. The van der Waals surface area contributed by atoms with Crippen molar-refractivity contribution in [2.24, 2.45) is 94.7 Å². The Morgan fingerprint density at radius 2 is 0.747 bits per heavy atom. The van der Waals surface area contributed by atoms with Crippen LogP contribution in [0.2, 0.25) is 0 Å². The van der Waals surface area contributed by atoms with Gasteiger partial charge in [0.2, 0.25) is 5.92 Å². The second-order valence-electron chi connectivity index (χ2n) is 33.7. The van der Waals surface area contributed by atoms with Gasteiger partial charge in [0.15, 0.2) is 0 Å². The van der Waals surface area contributed by atoms with E-state index >= 15 is 0 Å². The van der Waals surface area contributed by atoms with Gasteiger partial charge in [-0.15, -0.1) is 0 Å². The summed E-state index contributed by atoms with van der Waals surface area (Å²) >= 11 is 0. The monoisotopic (exact) mass is 1320 g/mol. The lowest BCUT2D eigenvalue weighted by Gasteiger charge is -2.41. The Morgan fingerprint density at radius 3 is 1.09 bits per heavy atom. The van der Waals surface area contributed by atoms with E-state index in [9.17, 15) is 62.3 Å². The molecule has 0 aromatic heterocycles. The van der Waals surface area contributed by atoms with Gasteiger partial charge in [0.05, 0.1) is 0 Å². The number of hydrogen-bond acceptors (Lipinski definition) is 3. The molecule has 91 heavy (non-hydrogen) atoms. The van der Waals surface area contributed by atoms with E-state index in [4.69, 9.17) is 4.74 Å². The van der Waals surface area contributed by atoms with Crippen molar-refractivity contribution in [2.75, 3.05) is 13.2 Å². The van der Waals surface area contributed by atoms with Crippen molar-refractivity contribution in [1.82, 2.24) is 0 Å². The van der Waals surface area contributed by atoms with E-state index in [2.05, 4.69) is 95.2 Å². The van der Waals surface area contributed by atoms with Crippen molar-refractivity contribution in [3.63, 3.8) is 0 Å². The third-order valence-electron chi connectivity index (χ3n) is 18.3. The normalized spacial score (nSPS) is 25.9. The summed E-state index contributed by atoms with van der Waals surface area (Å²) in [5, 5.41) is 0. The van der Waals surface area contributed by atoms with Gasteiger partial charge in [0, 0.05) is 77.4 Å². The molecule has 1 heterocycles. The zero-order chi connectivity index (χ0) is 69.9. The van der Waals surface area contributed by atoms with Gasteiger partial charge in [-0.1, -0.05) is 162 Å². The second kappa shape index (κ2) is 41.5. The minimum absolute atomic E-state index is 0.0724. The molecule has 3 atom stereocenters. The highest BCUT2D eigenvalue weighted by atomic mass is 19.3. The summed E-state index contributed by atoms with van der Waals surface area (Å²) in [5.41, 5.74) is -2.71. The average Bonchev–Trinajstić information content (AvgIpc) is 1.53. The summed E-state index contributed by atoms with van der Waals surface area (Å²) in [6.07, 6.45) is 21.6. The topological polar surface area (TPSA) is 43.4 Å². The van der Waals surface area contributed by atoms with Crippen LogP contribution in [0.5, 0.6) is 0 Å². The first-order valence-corrected chi connectivity index (χ1v) is 36.2. The van der Waals surface area contributed by atoms with Crippen molar-refractivity contribution >= 4 is 11.6 Å². The molecule has 0 spiro atoms. The number of Topliss-reactive ketones (excluding diaryl/α,β-unsaturated/α-hetero) is 2. The molecule has 0 bridgehead atoms. The van der Waals surface area contributed by atoms with Gasteiger partial charge in [0.25, 0.3) is 5.92 Å². The first-order chi connectivity index (χ1) is 41.7. The molecule has 8 fully saturated rings. The van der Waals surface area contributed by atoms with E-state index < -0.39 is 79.0 Å². The number of ketones is 2. The number of rotatable bonds is 18. The Balaban J connectivity index is 0.000000513. The Kier molecular flexibility index (Phi) is 39.7. The summed E-state index contributed by atoms with van der Waals surface area (Å²) in [5.74, 6) is -3.07. The van der Waals surface area contributed by atoms with Crippen LogP contribution in [0, 0.1) is 94.7 Å². The lowest BCUT2D eigenvalue weighted by Crippen LogP contribution is -2.49. The quantitative estimate of drug-likeness (QED) is 0.101. The number of ether oxygens (including phenoxy) is 1. The number of alkyl halides is 12. The van der Waals surface area contributed by atoms with Gasteiger partial charge < -0.3 is 4.74 Å². The Morgan fingerprint density at radius 1 is 0.396 bits per heavy atom. The summed E-state index contributed by atoms with van der Waals surface area (Å²) < 4.78 is 157. The van der Waals surface area contributed by atoms with Crippen molar-refractivity contribution in [3.05, 3.63) is 12.2 Å². The van der Waals surface area contributed by atoms with Crippen LogP contribution >= 0.6 is 0 Å². The molecule has 0 radical (unpaired) electrons. The molecule has 3 nitrogen and oxygen atoms in total. The highest BCUT2D eigenvalue weighted by Gasteiger charge is 2.63. The minimum Gasteiger partial charge on any atom is -0.381 e. The molecule has 0 amide bonds. The maximum atomic E-state index is 13.2. The molecule has 15 heteroatoms. The fourth-order valence-corrected chi connectivity index (χ4v) is 15.0.